The van der Waals surface area contributed by atoms with Crippen molar-refractivity contribution in [2.75, 3.05) is 33.3 Å². The van der Waals surface area contributed by atoms with Crippen LogP contribution in [0.5, 0.6) is 0 Å². The molecule has 1 aromatic carbocycles. The number of halogens is 1. The van der Waals surface area contributed by atoms with Crippen LogP contribution >= 0.6 is 11.6 Å². The van der Waals surface area contributed by atoms with Gasteiger partial charge in [0.25, 0.3) is 5.91 Å². The number of rotatable bonds is 1. The van der Waals surface area contributed by atoms with Gasteiger partial charge < -0.3 is 14.5 Å². The van der Waals surface area contributed by atoms with Crippen molar-refractivity contribution >= 4 is 23.6 Å². The van der Waals surface area contributed by atoms with E-state index in [9.17, 15) is 9.59 Å². The summed E-state index contributed by atoms with van der Waals surface area (Å²) in [5, 5.41) is 0.451. The zero-order valence-electron chi connectivity index (χ0n) is 11.3. The molecule has 1 fully saturated rings. The maximum atomic E-state index is 12.4. The Hall–Kier alpha value is -1.75. The van der Waals surface area contributed by atoms with Crippen molar-refractivity contribution in [2.24, 2.45) is 0 Å². The van der Waals surface area contributed by atoms with Crippen LogP contribution < -0.4 is 0 Å². The molecule has 1 aliphatic rings. The molecule has 1 heterocycles. The number of benzene rings is 1. The molecule has 6 heteroatoms. The van der Waals surface area contributed by atoms with E-state index in [1.54, 1.807) is 34.1 Å². The molecule has 1 aliphatic heterocycles. The number of hydrogen-bond donors (Lipinski definition) is 0. The number of ether oxygens (including phenoxy) is 1. The van der Waals surface area contributed by atoms with Gasteiger partial charge in [0, 0.05) is 26.2 Å². The summed E-state index contributed by atoms with van der Waals surface area (Å²) in [6, 6.07) is 7.00. The molecule has 5 nitrogen and oxygen atoms in total. The van der Waals surface area contributed by atoms with Crippen LogP contribution in [0.4, 0.5) is 4.79 Å². The summed E-state index contributed by atoms with van der Waals surface area (Å²) in [4.78, 5) is 27.3. The zero-order valence-corrected chi connectivity index (χ0v) is 12.1. The van der Waals surface area contributed by atoms with Crippen LogP contribution in [-0.2, 0) is 4.74 Å². The number of hydrogen-bond acceptors (Lipinski definition) is 3. The average Bonchev–Trinajstić information content (AvgIpc) is 2.72. The van der Waals surface area contributed by atoms with Crippen LogP contribution in [0.25, 0.3) is 0 Å². The Kier molecular flexibility index (Phi) is 4.84. The zero-order chi connectivity index (χ0) is 14.5. The summed E-state index contributed by atoms with van der Waals surface area (Å²) < 4.78 is 4.71. The van der Waals surface area contributed by atoms with Crippen LogP contribution in [-0.4, -0.2) is 55.1 Å². The highest BCUT2D eigenvalue weighted by molar-refractivity contribution is 6.33. The van der Waals surface area contributed by atoms with Gasteiger partial charge in [-0.3, -0.25) is 4.79 Å². The van der Waals surface area contributed by atoms with E-state index in [4.69, 9.17) is 16.3 Å². The van der Waals surface area contributed by atoms with Gasteiger partial charge in [-0.05, 0) is 18.6 Å². The molecule has 0 spiro atoms. The standard InChI is InChI=1S/C14H17ClN2O3/c1-20-14(19)17-8-4-7-16(9-10-17)13(18)11-5-2-3-6-12(11)15/h2-3,5-6H,4,7-10H2,1H3. The molecule has 1 aromatic rings. The van der Waals surface area contributed by atoms with Crippen molar-refractivity contribution in [3.8, 4) is 0 Å². The van der Waals surface area contributed by atoms with E-state index in [-0.39, 0.29) is 12.0 Å². The third-order valence-corrected chi connectivity index (χ3v) is 3.65. The van der Waals surface area contributed by atoms with Gasteiger partial charge in [-0.25, -0.2) is 4.79 Å². The topological polar surface area (TPSA) is 49.9 Å². The first kappa shape index (κ1) is 14.7. The van der Waals surface area contributed by atoms with Crippen molar-refractivity contribution in [3.05, 3.63) is 34.9 Å². The number of carbonyl (C=O) groups excluding carboxylic acids is 2. The van der Waals surface area contributed by atoms with Gasteiger partial charge in [0.2, 0.25) is 0 Å². The highest BCUT2D eigenvalue weighted by Gasteiger charge is 2.23. The Morgan fingerprint density at radius 3 is 2.45 bits per heavy atom. The summed E-state index contributed by atoms with van der Waals surface area (Å²) in [5.41, 5.74) is 0.501. The molecular weight excluding hydrogens is 280 g/mol. The minimum absolute atomic E-state index is 0.0951. The van der Waals surface area contributed by atoms with E-state index >= 15 is 0 Å². The number of carbonyl (C=O) groups is 2. The number of nitrogens with zero attached hydrogens (tertiary/aromatic N) is 2. The third-order valence-electron chi connectivity index (χ3n) is 3.32. The van der Waals surface area contributed by atoms with Gasteiger partial charge in [0.15, 0.2) is 0 Å². The third kappa shape index (κ3) is 3.22. The Morgan fingerprint density at radius 1 is 1.10 bits per heavy atom. The molecule has 108 valence electrons. The normalized spacial score (nSPS) is 15.7. The molecule has 2 rings (SSSR count). The van der Waals surface area contributed by atoms with E-state index < -0.39 is 0 Å². The SMILES string of the molecule is COC(=O)N1CCCN(C(=O)c2ccccc2Cl)CC1. The molecule has 0 aliphatic carbocycles. The second-order valence-corrected chi connectivity index (χ2v) is 4.99. The molecular formula is C14H17ClN2O3. The minimum atomic E-state index is -0.350. The van der Waals surface area contributed by atoms with Gasteiger partial charge in [-0.1, -0.05) is 23.7 Å². The molecule has 0 unspecified atom stereocenters. The van der Waals surface area contributed by atoms with Gasteiger partial charge in [-0.15, -0.1) is 0 Å². The lowest BCUT2D eigenvalue weighted by atomic mass is 10.2. The van der Waals surface area contributed by atoms with Crippen molar-refractivity contribution < 1.29 is 14.3 Å². The molecule has 0 N–H and O–H groups in total. The summed E-state index contributed by atoms with van der Waals surface area (Å²) in [6.07, 6.45) is 0.378. The molecule has 1 saturated heterocycles. The lowest BCUT2D eigenvalue weighted by Gasteiger charge is -2.21. The first-order valence-electron chi connectivity index (χ1n) is 6.50. The smallest absolute Gasteiger partial charge is 0.409 e. The van der Waals surface area contributed by atoms with Crippen molar-refractivity contribution in [1.29, 1.82) is 0 Å². The molecule has 2 amide bonds. The van der Waals surface area contributed by atoms with Crippen LogP contribution in [0.3, 0.4) is 0 Å². The van der Waals surface area contributed by atoms with Crippen molar-refractivity contribution in [3.63, 3.8) is 0 Å². The molecule has 0 aromatic heterocycles. The summed E-state index contributed by atoms with van der Waals surface area (Å²) >= 11 is 6.05. The number of amides is 2. The Bertz CT molecular complexity index is 507. The second kappa shape index (κ2) is 6.61. The summed E-state index contributed by atoms with van der Waals surface area (Å²) in [6.45, 7) is 2.17. The van der Waals surface area contributed by atoms with Gasteiger partial charge >= 0.3 is 6.09 Å². The predicted molar refractivity (Wildman–Crippen MR) is 76.0 cm³/mol. The fraction of sp³-hybridized carbons (Fsp3) is 0.429. The lowest BCUT2D eigenvalue weighted by Crippen LogP contribution is -2.37. The second-order valence-electron chi connectivity index (χ2n) is 4.58. The molecule has 0 saturated carbocycles. The fourth-order valence-corrected chi connectivity index (χ4v) is 2.45. The van der Waals surface area contributed by atoms with Crippen LogP contribution in [0.1, 0.15) is 16.8 Å². The summed E-state index contributed by atoms with van der Waals surface area (Å²) in [7, 11) is 1.36. The predicted octanol–water partition coefficient (Wildman–Crippen LogP) is 2.25. The van der Waals surface area contributed by atoms with Gasteiger partial charge in [0.1, 0.15) is 0 Å². The van der Waals surface area contributed by atoms with Crippen LogP contribution in [0.15, 0.2) is 24.3 Å². The molecule has 20 heavy (non-hydrogen) atoms. The van der Waals surface area contributed by atoms with Crippen LogP contribution in [0.2, 0.25) is 5.02 Å². The highest BCUT2D eigenvalue weighted by Crippen LogP contribution is 2.18. The van der Waals surface area contributed by atoms with E-state index in [0.29, 0.717) is 36.8 Å². The minimum Gasteiger partial charge on any atom is -0.453 e. The van der Waals surface area contributed by atoms with Crippen molar-refractivity contribution in [1.82, 2.24) is 9.80 Å². The van der Waals surface area contributed by atoms with E-state index in [1.807, 2.05) is 0 Å². The maximum Gasteiger partial charge on any atom is 0.409 e. The largest absolute Gasteiger partial charge is 0.453 e. The average molecular weight is 297 g/mol. The first-order valence-corrected chi connectivity index (χ1v) is 6.88. The number of methoxy groups -OCH3 is 1. The van der Waals surface area contributed by atoms with E-state index in [0.717, 1.165) is 6.42 Å². The molecule has 0 atom stereocenters. The van der Waals surface area contributed by atoms with Gasteiger partial charge in [-0.2, -0.15) is 0 Å². The Morgan fingerprint density at radius 2 is 1.75 bits per heavy atom. The fourth-order valence-electron chi connectivity index (χ4n) is 2.24. The van der Waals surface area contributed by atoms with Crippen LogP contribution in [0, 0.1) is 0 Å². The van der Waals surface area contributed by atoms with E-state index in [2.05, 4.69) is 0 Å². The molecule has 0 radical (unpaired) electrons. The Labute approximate surface area is 123 Å². The van der Waals surface area contributed by atoms with Crippen molar-refractivity contribution in [2.45, 2.75) is 6.42 Å². The lowest BCUT2D eigenvalue weighted by molar-refractivity contribution is 0.0757. The summed E-state index contributed by atoms with van der Waals surface area (Å²) in [5.74, 6) is -0.0951. The van der Waals surface area contributed by atoms with Gasteiger partial charge in [0.05, 0.1) is 17.7 Å². The highest BCUT2D eigenvalue weighted by atomic mass is 35.5. The monoisotopic (exact) mass is 296 g/mol. The quantitative estimate of drug-likeness (QED) is 0.799. The Balaban J connectivity index is 2.05. The first-order chi connectivity index (χ1) is 9.63. The maximum absolute atomic E-state index is 12.4. The van der Waals surface area contributed by atoms with E-state index in [1.165, 1.54) is 7.11 Å². The molecule has 0 bridgehead atoms.